The highest BCUT2D eigenvalue weighted by molar-refractivity contribution is 4.76. The van der Waals surface area contributed by atoms with E-state index in [2.05, 4.69) is 24.5 Å². The molecule has 1 heterocycles. The third-order valence-electron chi connectivity index (χ3n) is 1.54. The summed E-state index contributed by atoms with van der Waals surface area (Å²) in [5.41, 5.74) is 0. The van der Waals surface area contributed by atoms with Gasteiger partial charge in [0.1, 0.15) is 0 Å². The van der Waals surface area contributed by atoms with Crippen LogP contribution in [0.25, 0.3) is 0 Å². The van der Waals surface area contributed by atoms with Crippen LogP contribution in [-0.4, -0.2) is 25.2 Å². The number of hydrogen-bond donors (Lipinski definition) is 2. The molecule has 0 amide bonds. The molecule has 1 saturated heterocycles. The molecule has 1 fully saturated rings. The Morgan fingerprint density at radius 1 is 1.00 bits per heavy atom. The Morgan fingerprint density at radius 2 is 1.38 bits per heavy atom. The first kappa shape index (κ1) is 6.05. The van der Waals surface area contributed by atoms with E-state index in [4.69, 9.17) is 0 Å². The Morgan fingerprint density at radius 3 is 1.62 bits per heavy atom. The summed E-state index contributed by atoms with van der Waals surface area (Å²) < 4.78 is 0. The largest absolute Gasteiger partial charge is 0.311 e. The van der Waals surface area contributed by atoms with Gasteiger partial charge in [0.15, 0.2) is 0 Å². The fourth-order valence-electron chi connectivity index (χ4n) is 0.900. The average Bonchev–Trinajstić information content (AvgIpc) is 1.77. The van der Waals surface area contributed by atoms with Crippen LogP contribution in [0.3, 0.4) is 0 Å². The molecule has 0 saturated carbocycles. The van der Waals surface area contributed by atoms with Gasteiger partial charge in [0.05, 0.1) is 0 Å². The Labute approximate surface area is 50.7 Å². The summed E-state index contributed by atoms with van der Waals surface area (Å²) in [6.07, 6.45) is 0. The summed E-state index contributed by atoms with van der Waals surface area (Å²) in [5.74, 6) is 0. The Kier molecular flexibility index (Phi) is 1.86. The molecule has 8 heavy (non-hydrogen) atoms. The normalized spacial score (nSPS) is 39.8. The zero-order valence-corrected chi connectivity index (χ0v) is 5.57. The molecule has 0 bridgehead atoms. The maximum atomic E-state index is 3.37. The fourth-order valence-corrected chi connectivity index (χ4v) is 0.900. The van der Waals surface area contributed by atoms with E-state index >= 15 is 0 Å². The zero-order chi connectivity index (χ0) is 5.98. The van der Waals surface area contributed by atoms with Crippen molar-refractivity contribution in [2.45, 2.75) is 25.9 Å². The summed E-state index contributed by atoms with van der Waals surface area (Å²) in [5, 5.41) is 6.74. The van der Waals surface area contributed by atoms with Crippen molar-refractivity contribution in [1.29, 1.82) is 0 Å². The molecule has 1 unspecified atom stereocenters. The minimum atomic E-state index is 0.659. The van der Waals surface area contributed by atoms with Gasteiger partial charge in [-0.1, -0.05) is 0 Å². The molecule has 0 spiro atoms. The van der Waals surface area contributed by atoms with Crippen molar-refractivity contribution in [3.63, 3.8) is 0 Å². The molecular weight excluding hydrogens is 100 g/mol. The quantitative estimate of drug-likeness (QED) is 0.461. The van der Waals surface area contributed by atoms with Crippen molar-refractivity contribution in [1.82, 2.24) is 10.6 Å². The highest BCUT2D eigenvalue weighted by atomic mass is 15.1. The van der Waals surface area contributed by atoms with Crippen LogP contribution >= 0.6 is 0 Å². The predicted octanol–water partition coefficient (Wildman–Crippen LogP) is -0.0438. The maximum Gasteiger partial charge on any atom is 0.0164 e. The Hall–Kier alpha value is -0.0800. The summed E-state index contributed by atoms with van der Waals surface area (Å²) in [7, 11) is 0. The van der Waals surface area contributed by atoms with E-state index < -0.39 is 0 Å². The van der Waals surface area contributed by atoms with Crippen molar-refractivity contribution in [2.24, 2.45) is 0 Å². The van der Waals surface area contributed by atoms with Crippen LogP contribution in [0.15, 0.2) is 0 Å². The molecule has 2 nitrogen and oxygen atoms in total. The van der Waals surface area contributed by atoms with E-state index in [9.17, 15) is 0 Å². The monoisotopic (exact) mass is 114 g/mol. The molecule has 0 aliphatic carbocycles. The summed E-state index contributed by atoms with van der Waals surface area (Å²) in [6, 6.07) is 1.32. The zero-order valence-electron chi connectivity index (χ0n) is 5.57. The van der Waals surface area contributed by atoms with Gasteiger partial charge in [0.25, 0.3) is 0 Å². The molecule has 0 aromatic carbocycles. The number of nitrogens with one attached hydrogen (secondary N) is 2. The lowest BCUT2D eigenvalue weighted by atomic mass is 10.2. The van der Waals surface area contributed by atoms with Gasteiger partial charge in [-0.3, -0.25) is 0 Å². The molecule has 0 radical (unpaired) electrons. The predicted molar refractivity (Wildman–Crippen MR) is 34.9 cm³/mol. The Balaban J connectivity index is 2.19. The smallest absolute Gasteiger partial charge is 0.0164 e. The van der Waals surface area contributed by atoms with Gasteiger partial charge in [-0.25, -0.2) is 0 Å². The van der Waals surface area contributed by atoms with E-state index in [1.54, 1.807) is 0 Å². The summed E-state index contributed by atoms with van der Waals surface area (Å²) in [4.78, 5) is 0. The third kappa shape index (κ3) is 1.46. The van der Waals surface area contributed by atoms with Crippen LogP contribution in [0.5, 0.6) is 0 Å². The van der Waals surface area contributed by atoms with Gasteiger partial charge in [-0.05, 0) is 13.8 Å². The fraction of sp³-hybridized carbons (Fsp3) is 1.00. The lowest BCUT2D eigenvalue weighted by Gasteiger charge is -2.26. The van der Waals surface area contributed by atoms with E-state index in [1.807, 2.05) is 0 Å². The third-order valence-corrected chi connectivity index (χ3v) is 1.54. The molecule has 2 N–H and O–H groups in total. The molecule has 1 aliphatic rings. The van der Waals surface area contributed by atoms with Crippen LogP contribution in [-0.2, 0) is 0 Å². The number of piperazine rings is 1. The van der Waals surface area contributed by atoms with E-state index in [1.165, 1.54) is 0 Å². The first-order valence-corrected chi connectivity index (χ1v) is 3.26. The maximum absolute atomic E-state index is 3.37. The molecule has 1 aliphatic heterocycles. The minimum absolute atomic E-state index is 0.659. The SMILES string of the molecule is CC1CN[C@@H](C)CN1. The highest BCUT2D eigenvalue weighted by Crippen LogP contribution is 1.89. The van der Waals surface area contributed by atoms with E-state index in [0.29, 0.717) is 12.1 Å². The number of rotatable bonds is 0. The second-order valence-electron chi connectivity index (χ2n) is 2.62. The number of hydrogen-bond acceptors (Lipinski definition) is 2. The van der Waals surface area contributed by atoms with Crippen molar-refractivity contribution >= 4 is 0 Å². The van der Waals surface area contributed by atoms with Crippen molar-refractivity contribution < 1.29 is 0 Å². The molecule has 0 aromatic heterocycles. The summed E-state index contributed by atoms with van der Waals surface area (Å²) >= 11 is 0. The van der Waals surface area contributed by atoms with Crippen molar-refractivity contribution in [2.75, 3.05) is 13.1 Å². The van der Waals surface area contributed by atoms with Gasteiger partial charge < -0.3 is 10.6 Å². The van der Waals surface area contributed by atoms with E-state index in [0.717, 1.165) is 13.1 Å². The van der Waals surface area contributed by atoms with E-state index in [-0.39, 0.29) is 0 Å². The lowest BCUT2D eigenvalue weighted by molar-refractivity contribution is 0.376. The first-order valence-electron chi connectivity index (χ1n) is 3.26. The molecule has 2 heteroatoms. The molecular formula is C6H14N2. The molecule has 1 rings (SSSR count). The standard InChI is InChI=1S/C6H14N2/c1-5-3-8-6(2)4-7-5/h5-8H,3-4H2,1-2H3/t5-,6?/m0/s1. The second-order valence-corrected chi connectivity index (χ2v) is 2.62. The topological polar surface area (TPSA) is 24.1 Å². The lowest BCUT2D eigenvalue weighted by Crippen LogP contribution is -2.51. The van der Waals surface area contributed by atoms with Gasteiger partial charge in [0, 0.05) is 25.2 Å². The molecule has 0 aromatic rings. The minimum Gasteiger partial charge on any atom is -0.311 e. The van der Waals surface area contributed by atoms with Crippen LogP contribution in [0, 0.1) is 0 Å². The van der Waals surface area contributed by atoms with Gasteiger partial charge >= 0.3 is 0 Å². The Bertz CT molecular complexity index is 54.9. The van der Waals surface area contributed by atoms with Gasteiger partial charge in [0.2, 0.25) is 0 Å². The van der Waals surface area contributed by atoms with Gasteiger partial charge in [-0.15, -0.1) is 0 Å². The van der Waals surface area contributed by atoms with Crippen LogP contribution < -0.4 is 10.6 Å². The van der Waals surface area contributed by atoms with Gasteiger partial charge in [-0.2, -0.15) is 0 Å². The highest BCUT2D eigenvalue weighted by Gasteiger charge is 2.10. The average molecular weight is 114 g/mol. The summed E-state index contributed by atoms with van der Waals surface area (Å²) in [6.45, 7) is 6.61. The van der Waals surface area contributed by atoms with Crippen molar-refractivity contribution in [3.8, 4) is 0 Å². The second kappa shape index (κ2) is 2.46. The van der Waals surface area contributed by atoms with Crippen LogP contribution in [0.1, 0.15) is 13.8 Å². The van der Waals surface area contributed by atoms with Crippen LogP contribution in [0.2, 0.25) is 0 Å². The molecule has 2 atom stereocenters. The molecule has 48 valence electrons. The first-order chi connectivity index (χ1) is 3.79. The van der Waals surface area contributed by atoms with Crippen LogP contribution in [0.4, 0.5) is 0 Å². The van der Waals surface area contributed by atoms with Crippen molar-refractivity contribution in [3.05, 3.63) is 0 Å².